The first-order valence-corrected chi connectivity index (χ1v) is 9.68. The van der Waals surface area contributed by atoms with Crippen molar-refractivity contribution in [2.75, 3.05) is 0 Å². The molecule has 1 aromatic carbocycles. The Hall–Kier alpha value is -5.73. The third-order valence-electron chi connectivity index (χ3n) is 4.61. The molecule has 15 heteroatoms. The van der Waals surface area contributed by atoms with Gasteiger partial charge in [-0.1, -0.05) is 0 Å². The van der Waals surface area contributed by atoms with Gasteiger partial charge in [0.1, 0.15) is 0 Å². The first kappa shape index (κ1) is 23.4. The summed E-state index contributed by atoms with van der Waals surface area (Å²) in [5.41, 5.74) is -1.56. The van der Waals surface area contributed by atoms with Crippen LogP contribution in [0.2, 0.25) is 0 Å². The van der Waals surface area contributed by atoms with Gasteiger partial charge in [0.15, 0.2) is 0 Å². The number of aromatic hydroxyl groups is 6. The van der Waals surface area contributed by atoms with Gasteiger partial charge in [-0.25, -0.2) is 14.4 Å². The van der Waals surface area contributed by atoms with Crippen LogP contribution in [-0.2, 0) is 0 Å². The summed E-state index contributed by atoms with van der Waals surface area (Å²) in [6.45, 7) is 0. The quantitative estimate of drug-likeness (QED) is 0.208. The predicted molar refractivity (Wildman–Crippen MR) is 112 cm³/mol. The lowest BCUT2D eigenvalue weighted by molar-refractivity contribution is 0.0336. The molecule has 0 aliphatic heterocycles. The van der Waals surface area contributed by atoms with E-state index in [1.165, 1.54) is 0 Å². The lowest BCUT2D eigenvalue weighted by atomic mass is 10.0. The summed E-state index contributed by atoms with van der Waals surface area (Å²) in [6, 6.07) is 8.88. The molecule has 0 aliphatic carbocycles. The Balaban J connectivity index is 1.71. The fraction of sp³-hybridized carbons (Fsp3) is 0. The van der Waals surface area contributed by atoms with Crippen molar-refractivity contribution in [3.8, 4) is 35.3 Å². The summed E-state index contributed by atoms with van der Waals surface area (Å²) < 4.78 is 1.05. The first-order chi connectivity index (χ1) is 17.1. The van der Waals surface area contributed by atoms with Gasteiger partial charge in [0.2, 0.25) is 35.3 Å². The van der Waals surface area contributed by atoms with Gasteiger partial charge in [-0.2, -0.15) is 0 Å². The molecule has 0 bridgehead atoms. The Bertz CT molecular complexity index is 1440. The maximum atomic E-state index is 12.9. The smallest absolute Gasteiger partial charge is 0.364 e. The zero-order chi connectivity index (χ0) is 26.1. The number of aromatic nitrogens is 3. The van der Waals surface area contributed by atoms with Gasteiger partial charge in [0, 0.05) is 36.4 Å². The topological polar surface area (TPSA) is 215 Å². The van der Waals surface area contributed by atoms with Crippen LogP contribution in [0.4, 0.5) is 0 Å². The monoisotopic (exact) mass is 501 g/mol. The van der Waals surface area contributed by atoms with Crippen molar-refractivity contribution < 1.29 is 59.5 Å². The third-order valence-corrected chi connectivity index (χ3v) is 4.61. The molecule has 0 fully saturated rings. The van der Waals surface area contributed by atoms with Gasteiger partial charge in [-0.3, -0.25) is 0 Å². The fourth-order valence-electron chi connectivity index (χ4n) is 2.90. The van der Waals surface area contributed by atoms with Crippen LogP contribution in [0.3, 0.4) is 0 Å². The van der Waals surface area contributed by atoms with Crippen LogP contribution in [0.15, 0.2) is 54.6 Å². The molecule has 0 aliphatic rings. The van der Waals surface area contributed by atoms with Crippen molar-refractivity contribution in [2.24, 2.45) is 0 Å². The molecule has 0 atom stereocenters. The second-order valence-electron chi connectivity index (χ2n) is 6.93. The van der Waals surface area contributed by atoms with E-state index in [0.29, 0.717) is 14.2 Å². The van der Waals surface area contributed by atoms with Crippen molar-refractivity contribution in [2.45, 2.75) is 0 Å². The average Bonchev–Trinajstić information content (AvgIpc) is 3.46. The molecule has 15 nitrogen and oxygen atoms in total. The molecule has 4 aromatic rings. The molecule has 0 amide bonds. The zero-order valence-corrected chi connectivity index (χ0v) is 17.7. The first-order valence-electron chi connectivity index (χ1n) is 9.68. The molecular weight excluding hydrogens is 486 g/mol. The summed E-state index contributed by atoms with van der Waals surface area (Å²) >= 11 is 0. The van der Waals surface area contributed by atoms with Crippen LogP contribution in [0.25, 0.3) is 0 Å². The Morgan fingerprint density at radius 3 is 1.19 bits per heavy atom. The van der Waals surface area contributed by atoms with Crippen molar-refractivity contribution >= 4 is 17.9 Å². The molecule has 0 saturated carbocycles. The van der Waals surface area contributed by atoms with E-state index in [-0.39, 0.29) is 5.56 Å². The summed E-state index contributed by atoms with van der Waals surface area (Å²) in [5, 5.41) is 58.1. The van der Waals surface area contributed by atoms with Crippen molar-refractivity contribution in [1.29, 1.82) is 0 Å². The van der Waals surface area contributed by atoms with Gasteiger partial charge >= 0.3 is 17.9 Å². The number of hydrogen-bond donors (Lipinski definition) is 6. The minimum Gasteiger partial charge on any atom is -0.492 e. The Morgan fingerprint density at radius 2 is 0.806 bits per heavy atom. The number of hydrogen-bond acceptors (Lipinski definition) is 12. The lowest BCUT2D eigenvalue weighted by Gasteiger charge is -2.13. The average molecular weight is 501 g/mol. The summed E-state index contributed by atoms with van der Waals surface area (Å²) in [5.74, 6) is -7.77. The number of carbonyl (C=O) groups excluding carboxylic acids is 3. The Kier molecular flexibility index (Phi) is 5.79. The van der Waals surface area contributed by atoms with Crippen LogP contribution in [0.1, 0.15) is 31.1 Å². The van der Waals surface area contributed by atoms with Gasteiger partial charge in [0.05, 0.1) is 16.7 Å². The standard InChI is InChI=1S/C21H15N3O12/c25-13-3-4-14(26)22(13)34-19(31)10-1-2-11(20(32)35-23-15(27)5-6-16(23)28)12(9-10)21(33)36-24-17(29)7-8-18(24)30/h1-9,25-30H. The Morgan fingerprint density at radius 1 is 0.472 bits per heavy atom. The van der Waals surface area contributed by atoms with Crippen LogP contribution >= 0.6 is 0 Å². The highest BCUT2D eigenvalue weighted by molar-refractivity contribution is 6.05. The molecule has 0 radical (unpaired) electrons. The van der Waals surface area contributed by atoms with Crippen LogP contribution in [0, 0.1) is 0 Å². The second kappa shape index (κ2) is 8.90. The normalized spacial score (nSPS) is 10.7. The second-order valence-corrected chi connectivity index (χ2v) is 6.93. The van der Waals surface area contributed by atoms with E-state index in [1.807, 2.05) is 0 Å². The molecule has 6 N–H and O–H groups in total. The van der Waals surface area contributed by atoms with Gasteiger partial charge < -0.3 is 45.2 Å². The van der Waals surface area contributed by atoms with Gasteiger partial charge in [-0.15, -0.1) is 14.2 Å². The fourth-order valence-corrected chi connectivity index (χ4v) is 2.90. The summed E-state index contributed by atoms with van der Waals surface area (Å²) in [4.78, 5) is 52.8. The molecule has 3 aromatic heterocycles. The van der Waals surface area contributed by atoms with Crippen molar-refractivity contribution in [1.82, 2.24) is 14.2 Å². The van der Waals surface area contributed by atoms with E-state index in [4.69, 9.17) is 14.5 Å². The van der Waals surface area contributed by atoms with Crippen LogP contribution in [0.5, 0.6) is 35.3 Å². The van der Waals surface area contributed by atoms with E-state index in [1.54, 1.807) is 0 Å². The largest absolute Gasteiger partial charge is 0.492 e. The molecular formula is C21H15N3O12. The maximum absolute atomic E-state index is 12.9. The predicted octanol–water partition coefficient (Wildman–Crippen LogP) is 0.132. The molecule has 0 saturated heterocycles. The Labute approximate surface area is 198 Å². The molecule has 0 spiro atoms. The molecule has 4 rings (SSSR count). The van der Waals surface area contributed by atoms with E-state index < -0.39 is 64.3 Å². The minimum absolute atomic E-state index is 0.321. The molecule has 186 valence electrons. The summed E-state index contributed by atoms with van der Waals surface area (Å²) in [7, 11) is 0. The highest BCUT2D eigenvalue weighted by Crippen LogP contribution is 2.24. The van der Waals surface area contributed by atoms with Crippen molar-refractivity contribution in [3.63, 3.8) is 0 Å². The highest BCUT2D eigenvalue weighted by Gasteiger charge is 2.26. The lowest BCUT2D eigenvalue weighted by Crippen LogP contribution is -2.26. The third kappa shape index (κ3) is 4.26. The number of carbonyl (C=O) groups is 3. The van der Waals surface area contributed by atoms with Gasteiger partial charge in [0.25, 0.3) is 0 Å². The minimum atomic E-state index is -1.37. The SMILES string of the molecule is O=C(On1c(O)ccc1O)c1ccc(C(=O)On2c(O)ccc2O)c(C(=O)On2c(O)ccc2O)c1. The zero-order valence-electron chi connectivity index (χ0n) is 17.7. The van der Waals surface area contributed by atoms with E-state index in [2.05, 4.69) is 0 Å². The molecule has 0 unspecified atom stereocenters. The number of benzene rings is 1. The van der Waals surface area contributed by atoms with E-state index in [9.17, 15) is 45.0 Å². The highest BCUT2D eigenvalue weighted by atomic mass is 16.7. The van der Waals surface area contributed by atoms with E-state index in [0.717, 1.165) is 54.6 Å². The van der Waals surface area contributed by atoms with Gasteiger partial charge in [-0.05, 0) is 18.2 Å². The number of rotatable bonds is 6. The summed E-state index contributed by atoms with van der Waals surface area (Å²) in [6.07, 6.45) is 0. The van der Waals surface area contributed by atoms with Crippen molar-refractivity contribution in [3.05, 3.63) is 71.3 Å². The van der Waals surface area contributed by atoms with Crippen LogP contribution < -0.4 is 14.5 Å². The van der Waals surface area contributed by atoms with Crippen LogP contribution in [-0.4, -0.2) is 62.7 Å². The molecule has 3 heterocycles. The maximum Gasteiger partial charge on any atom is 0.364 e. The van der Waals surface area contributed by atoms with E-state index >= 15 is 0 Å². The number of nitrogens with zero attached hydrogens (tertiary/aromatic N) is 3. The molecule has 36 heavy (non-hydrogen) atoms.